The molecule has 10 nitrogen and oxygen atoms in total. The second kappa shape index (κ2) is 10.9. The summed E-state index contributed by atoms with van der Waals surface area (Å²) in [4.78, 5) is 54.5. The van der Waals surface area contributed by atoms with E-state index in [0.29, 0.717) is 25.9 Å². The van der Waals surface area contributed by atoms with Gasteiger partial charge in [0.15, 0.2) is 0 Å². The number of cyclic esters (lactones) is 1. The van der Waals surface area contributed by atoms with Gasteiger partial charge in [0.25, 0.3) is 0 Å². The Bertz CT molecular complexity index is 1170. The first kappa shape index (κ1) is 28.4. The molecule has 212 valence electrons. The molecule has 2 N–H and O–H groups in total. The van der Waals surface area contributed by atoms with Crippen LogP contribution in [0.15, 0.2) is 30.4 Å². The van der Waals surface area contributed by atoms with Gasteiger partial charge in [0.1, 0.15) is 18.2 Å². The molecule has 3 amide bonds. The highest BCUT2D eigenvalue weighted by molar-refractivity contribution is 5.90. The smallest absolute Gasteiger partial charge is 0.410 e. The fourth-order valence-electron chi connectivity index (χ4n) is 5.30. The number of hydrogen-bond donors (Lipinski definition) is 2. The molecule has 4 rings (SSSR count). The summed E-state index contributed by atoms with van der Waals surface area (Å²) in [5.74, 6) is -1.75. The van der Waals surface area contributed by atoms with Crippen LogP contribution in [0.2, 0.25) is 0 Å². The van der Waals surface area contributed by atoms with E-state index in [9.17, 15) is 24.3 Å². The number of alkyl carbamates (subject to hydrolysis) is 1. The van der Waals surface area contributed by atoms with Crippen LogP contribution in [0.25, 0.3) is 0 Å². The van der Waals surface area contributed by atoms with Crippen LogP contribution in [-0.4, -0.2) is 70.3 Å². The molecular formula is C29H39N3O7. The monoisotopic (exact) mass is 541 g/mol. The number of carboxylic acids is 1. The van der Waals surface area contributed by atoms with E-state index >= 15 is 0 Å². The van der Waals surface area contributed by atoms with Gasteiger partial charge in [0, 0.05) is 24.9 Å². The number of hydrogen-bond acceptors (Lipinski definition) is 6. The Morgan fingerprint density at radius 1 is 1.10 bits per heavy atom. The van der Waals surface area contributed by atoms with Crippen molar-refractivity contribution < 1.29 is 33.8 Å². The van der Waals surface area contributed by atoms with E-state index in [0.717, 1.165) is 16.7 Å². The normalized spacial score (nSPS) is 26.9. The molecule has 0 aliphatic carbocycles. The number of carbonyl (C=O) groups is 4. The highest BCUT2D eigenvalue weighted by Crippen LogP contribution is 2.31. The molecule has 3 atom stereocenters. The number of amides is 3. The largest absolute Gasteiger partial charge is 0.480 e. The van der Waals surface area contributed by atoms with E-state index in [1.165, 1.54) is 4.90 Å². The van der Waals surface area contributed by atoms with Crippen LogP contribution in [0.4, 0.5) is 9.59 Å². The minimum Gasteiger partial charge on any atom is -0.480 e. The third-order valence-electron chi connectivity index (χ3n) is 7.58. The molecule has 3 aliphatic rings. The molecule has 3 aliphatic heterocycles. The lowest BCUT2D eigenvalue weighted by molar-refractivity contribution is -0.150. The number of ether oxygens (including phenoxy) is 2. The van der Waals surface area contributed by atoms with Crippen LogP contribution >= 0.6 is 0 Å². The highest BCUT2D eigenvalue weighted by Gasteiger charge is 2.46. The van der Waals surface area contributed by atoms with Crippen LogP contribution < -0.4 is 5.32 Å². The van der Waals surface area contributed by atoms with Gasteiger partial charge in [-0.3, -0.25) is 9.69 Å². The van der Waals surface area contributed by atoms with Crippen molar-refractivity contribution in [2.45, 2.75) is 85.2 Å². The first-order chi connectivity index (χ1) is 18.2. The van der Waals surface area contributed by atoms with E-state index in [-0.39, 0.29) is 25.0 Å². The van der Waals surface area contributed by atoms with Crippen molar-refractivity contribution in [3.05, 3.63) is 47.0 Å². The molecule has 0 radical (unpaired) electrons. The van der Waals surface area contributed by atoms with Crippen molar-refractivity contribution in [2.24, 2.45) is 10.8 Å². The van der Waals surface area contributed by atoms with Crippen LogP contribution in [0.5, 0.6) is 0 Å². The third-order valence-corrected chi connectivity index (χ3v) is 7.58. The Morgan fingerprint density at radius 2 is 1.82 bits per heavy atom. The van der Waals surface area contributed by atoms with E-state index in [2.05, 4.69) is 17.5 Å². The topological polar surface area (TPSA) is 125 Å². The van der Waals surface area contributed by atoms with Gasteiger partial charge in [-0.2, -0.15) is 0 Å². The Morgan fingerprint density at radius 3 is 2.51 bits per heavy atom. The standard InChI is InChI=1S/C29H39N3O7/c1-28(2,3)23-24(33)32-15-20(13-22(32)25(34)35)39-27(37)31-14-19-11-8-10-18(21(19)16-31)9-6-7-12-29(4,5)17-38-26(36)30-23/h6-8,10-11,20,22-23H,9,12-17H2,1-5H3,(H,30,36)(H,34,35)/b7-6+/t20-,22+,23-/m1/s1. The lowest BCUT2D eigenvalue weighted by Gasteiger charge is -2.34. The summed E-state index contributed by atoms with van der Waals surface area (Å²) in [7, 11) is 0. The molecule has 1 saturated heterocycles. The fourth-order valence-corrected chi connectivity index (χ4v) is 5.30. The SMILES string of the molecule is CC1(C)C/C=C/Cc2cccc3c2CN(C3)C(=O)O[C@@H]2C[C@@H](C(=O)O)N(C2)C(=O)[C@H](C(C)(C)C)NC(=O)OC1. The summed E-state index contributed by atoms with van der Waals surface area (Å²) in [5.41, 5.74) is 2.20. The number of carboxylic acid groups (broad SMARTS) is 1. The third kappa shape index (κ3) is 6.54. The maximum absolute atomic E-state index is 13.7. The lowest BCUT2D eigenvalue weighted by atomic mass is 9.85. The second-order valence-electron chi connectivity index (χ2n) is 12.6. The molecule has 1 aromatic carbocycles. The van der Waals surface area contributed by atoms with E-state index < -0.39 is 47.7 Å². The zero-order chi connectivity index (χ0) is 28.5. The van der Waals surface area contributed by atoms with E-state index in [1.807, 2.05) is 32.0 Å². The number of fused-ring (bicyclic) bond motifs is 3. The maximum atomic E-state index is 13.7. The molecular weight excluding hydrogens is 502 g/mol. The minimum atomic E-state index is -1.19. The number of rotatable bonds is 1. The van der Waals surface area contributed by atoms with Crippen LogP contribution in [-0.2, 0) is 38.6 Å². The van der Waals surface area contributed by atoms with Crippen molar-refractivity contribution in [1.82, 2.24) is 15.1 Å². The Labute approximate surface area is 229 Å². The number of benzene rings is 1. The second-order valence-corrected chi connectivity index (χ2v) is 12.6. The number of nitrogens with zero attached hydrogens (tertiary/aromatic N) is 2. The quantitative estimate of drug-likeness (QED) is 0.517. The molecule has 1 aromatic rings. The average molecular weight is 542 g/mol. The van der Waals surface area contributed by atoms with Gasteiger partial charge in [0.2, 0.25) is 5.91 Å². The average Bonchev–Trinajstić information content (AvgIpc) is 3.47. The number of aliphatic carboxylic acids is 1. The van der Waals surface area contributed by atoms with Crippen LogP contribution in [0.1, 0.15) is 64.2 Å². The zero-order valence-electron chi connectivity index (χ0n) is 23.4. The van der Waals surface area contributed by atoms with E-state index in [1.54, 1.807) is 25.7 Å². The molecule has 10 heteroatoms. The molecule has 0 unspecified atom stereocenters. The van der Waals surface area contributed by atoms with E-state index in [4.69, 9.17) is 9.47 Å². The maximum Gasteiger partial charge on any atom is 0.410 e. The van der Waals surface area contributed by atoms with Crippen molar-refractivity contribution in [2.75, 3.05) is 13.2 Å². The highest BCUT2D eigenvalue weighted by atomic mass is 16.6. The van der Waals surface area contributed by atoms with Crippen molar-refractivity contribution in [1.29, 1.82) is 0 Å². The Balaban J connectivity index is 1.63. The summed E-state index contributed by atoms with van der Waals surface area (Å²) in [6, 6.07) is 3.80. The van der Waals surface area contributed by atoms with Gasteiger partial charge in [-0.05, 0) is 34.9 Å². The first-order valence-electron chi connectivity index (χ1n) is 13.4. The molecule has 39 heavy (non-hydrogen) atoms. The van der Waals surface area contributed by atoms with Gasteiger partial charge >= 0.3 is 18.2 Å². The van der Waals surface area contributed by atoms with Crippen molar-refractivity contribution in [3.8, 4) is 0 Å². The summed E-state index contributed by atoms with van der Waals surface area (Å²) >= 11 is 0. The van der Waals surface area contributed by atoms with Crippen molar-refractivity contribution >= 4 is 24.1 Å². The molecule has 3 heterocycles. The molecule has 4 bridgehead atoms. The Kier molecular flexibility index (Phi) is 7.95. The molecule has 0 spiro atoms. The first-order valence-corrected chi connectivity index (χ1v) is 13.4. The molecule has 1 fully saturated rings. The summed E-state index contributed by atoms with van der Waals surface area (Å²) in [6.45, 7) is 10.2. The predicted molar refractivity (Wildman–Crippen MR) is 143 cm³/mol. The lowest BCUT2D eigenvalue weighted by Crippen LogP contribution is -2.57. The van der Waals surface area contributed by atoms with Crippen LogP contribution in [0, 0.1) is 10.8 Å². The minimum absolute atomic E-state index is 0.0286. The number of nitrogens with one attached hydrogen (secondary N) is 1. The summed E-state index contributed by atoms with van der Waals surface area (Å²) in [6.07, 6.45) is 3.43. The van der Waals surface area contributed by atoms with Crippen molar-refractivity contribution in [3.63, 3.8) is 0 Å². The van der Waals surface area contributed by atoms with Gasteiger partial charge in [-0.25, -0.2) is 14.4 Å². The molecule has 0 aromatic heterocycles. The number of allylic oxidation sites excluding steroid dienone is 2. The van der Waals surface area contributed by atoms with Gasteiger partial charge in [-0.15, -0.1) is 0 Å². The zero-order valence-corrected chi connectivity index (χ0v) is 23.4. The Hall–Kier alpha value is -3.56. The van der Waals surface area contributed by atoms with Gasteiger partial charge in [-0.1, -0.05) is 65.0 Å². The predicted octanol–water partition coefficient (Wildman–Crippen LogP) is 3.86. The van der Waals surface area contributed by atoms with Crippen LogP contribution in [0.3, 0.4) is 0 Å². The summed E-state index contributed by atoms with van der Waals surface area (Å²) in [5, 5.41) is 12.5. The number of carbonyl (C=O) groups excluding carboxylic acids is 3. The molecule has 0 saturated carbocycles. The van der Waals surface area contributed by atoms with Gasteiger partial charge in [0.05, 0.1) is 13.2 Å². The summed E-state index contributed by atoms with van der Waals surface area (Å²) < 4.78 is 11.2. The fraction of sp³-hybridized carbons (Fsp3) is 0.586. The van der Waals surface area contributed by atoms with Gasteiger partial charge < -0.3 is 24.8 Å².